The van der Waals surface area contributed by atoms with Gasteiger partial charge in [-0.2, -0.15) is 5.26 Å². The molecule has 0 radical (unpaired) electrons. The molecular weight excluding hydrogens is 296 g/mol. The molecule has 24 heavy (non-hydrogen) atoms. The van der Waals surface area contributed by atoms with Gasteiger partial charge in [0.15, 0.2) is 0 Å². The number of nitriles is 1. The predicted octanol–water partition coefficient (Wildman–Crippen LogP) is 3.56. The first-order valence-corrected chi connectivity index (χ1v) is 9.07. The van der Waals surface area contributed by atoms with Crippen molar-refractivity contribution in [1.29, 1.82) is 5.26 Å². The highest BCUT2D eigenvalue weighted by molar-refractivity contribution is 5.92. The van der Waals surface area contributed by atoms with Crippen LogP contribution in [0.1, 0.15) is 38.3 Å². The van der Waals surface area contributed by atoms with Crippen molar-refractivity contribution >= 4 is 16.6 Å². The number of aromatic nitrogens is 1. The molecule has 3 heterocycles. The number of piperidine rings is 1. The quantitative estimate of drug-likeness (QED) is 0.848. The van der Waals surface area contributed by atoms with Crippen molar-refractivity contribution in [3.8, 4) is 6.07 Å². The van der Waals surface area contributed by atoms with E-state index in [9.17, 15) is 5.26 Å². The molecular formula is C20H24N4. The van der Waals surface area contributed by atoms with Crippen molar-refractivity contribution in [3.05, 3.63) is 36.0 Å². The summed E-state index contributed by atoms with van der Waals surface area (Å²) < 4.78 is 0. The summed E-state index contributed by atoms with van der Waals surface area (Å²) in [7, 11) is 0. The molecule has 2 aromatic rings. The smallest absolute Gasteiger partial charge is 0.143 e. The van der Waals surface area contributed by atoms with Gasteiger partial charge in [0.2, 0.25) is 0 Å². The normalized spacial score (nSPS) is 22.8. The van der Waals surface area contributed by atoms with Crippen LogP contribution in [0.25, 0.3) is 10.9 Å². The van der Waals surface area contributed by atoms with Gasteiger partial charge in [0, 0.05) is 36.2 Å². The number of hydrogen-bond donors (Lipinski definition) is 0. The molecule has 0 saturated carbocycles. The SMILES string of the molecule is CC1CCCN1C1CCN(c2cc(C#N)nc3ccccc23)CC1. The molecule has 4 rings (SSSR count). The zero-order valence-corrected chi connectivity index (χ0v) is 14.3. The largest absolute Gasteiger partial charge is 0.371 e. The first-order valence-electron chi connectivity index (χ1n) is 9.07. The highest BCUT2D eigenvalue weighted by Gasteiger charge is 2.30. The Balaban J connectivity index is 1.57. The van der Waals surface area contributed by atoms with E-state index in [0.29, 0.717) is 5.69 Å². The van der Waals surface area contributed by atoms with E-state index in [4.69, 9.17) is 0 Å². The van der Waals surface area contributed by atoms with Crippen molar-refractivity contribution in [2.24, 2.45) is 0 Å². The zero-order valence-electron chi connectivity index (χ0n) is 14.3. The highest BCUT2D eigenvalue weighted by atomic mass is 15.2. The summed E-state index contributed by atoms with van der Waals surface area (Å²) in [5.41, 5.74) is 2.60. The number of pyridine rings is 1. The van der Waals surface area contributed by atoms with Crippen LogP contribution in [0, 0.1) is 11.3 Å². The number of anilines is 1. The van der Waals surface area contributed by atoms with Crippen LogP contribution >= 0.6 is 0 Å². The van der Waals surface area contributed by atoms with Gasteiger partial charge in [0.1, 0.15) is 11.8 Å². The van der Waals surface area contributed by atoms with E-state index < -0.39 is 0 Å². The van der Waals surface area contributed by atoms with Gasteiger partial charge in [-0.3, -0.25) is 4.90 Å². The van der Waals surface area contributed by atoms with E-state index in [0.717, 1.165) is 36.1 Å². The third-order valence-electron chi connectivity index (χ3n) is 5.69. The lowest BCUT2D eigenvalue weighted by molar-refractivity contribution is 0.163. The van der Waals surface area contributed by atoms with E-state index in [2.05, 4.69) is 39.9 Å². The molecule has 0 bridgehead atoms. The minimum absolute atomic E-state index is 0.513. The highest BCUT2D eigenvalue weighted by Crippen LogP contribution is 2.31. The van der Waals surface area contributed by atoms with Crippen LogP contribution in [0.3, 0.4) is 0 Å². The van der Waals surface area contributed by atoms with Crippen LogP contribution in [0.5, 0.6) is 0 Å². The molecule has 2 fully saturated rings. The van der Waals surface area contributed by atoms with Crippen molar-refractivity contribution < 1.29 is 0 Å². The van der Waals surface area contributed by atoms with E-state index in [1.165, 1.54) is 37.9 Å². The molecule has 2 aliphatic heterocycles. The Morgan fingerprint density at radius 3 is 2.62 bits per heavy atom. The molecule has 0 N–H and O–H groups in total. The fourth-order valence-electron chi connectivity index (χ4n) is 4.41. The number of benzene rings is 1. The summed E-state index contributed by atoms with van der Waals surface area (Å²) in [6.07, 6.45) is 5.12. The van der Waals surface area contributed by atoms with E-state index in [1.807, 2.05) is 18.2 Å². The second-order valence-electron chi connectivity index (χ2n) is 7.10. The Morgan fingerprint density at radius 1 is 1.12 bits per heavy atom. The van der Waals surface area contributed by atoms with E-state index in [1.54, 1.807) is 0 Å². The molecule has 1 unspecified atom stereocenters. The van der Waals surface area contributed by atoms with Crippen LogP contribution < -0.4 is 4.90 Å². The maximum absolute atomic E-state index is 9.30. The number of hydrogen-bond acceptors (Lipinski definition) is 4. The average Bonchev–Trinajstić information content (AvgIpc) is 3.07. The van der Waals surface area contributed by atoms with Crippen LogP contribution in [0.15, 0.2) is 30.3 Å². The first-order chi connectivity index (χ1) is 11.8. The number of nitrogens with zero attached hydrogens (tertiary/aromatic N) is 4. The van der Waals surface area contributed by atoms with Gasteiger partial charge in [-0.15, -0.1) is 0 Å². The Hall–Kier alpha value is -2.12. The molecule has 0 amide bonds. The third-order valence-corrected chi connectivity index (χ3v) is 5.69. The third kappa shape index (κ3) is 2.74. The molecule has 124 valence electrons. The fourth-order valence-corrected chi connectivity index (χ4v) is 4.41. The number of likely N-dealkylation sites (tertiary alicyclic amines) is 1. The summed E-state index contributed by atoms with van der Waals surface area (Å²) in [6.45, 7) is 5.76. The lowest BCUT2D eigenvalue weighted by atomic mass is 10.0. The van der Waals surface area contributed by atoms with Gasteiger partial charge in [-0.25, -0.2) is 4.98 Å². The predicted molar refractivity (Wildman–Crippen MR) is 97.1 cm³/mol. The molecule has 2 saturated heterocycles. The summed E-state index contributed by atoms with van der Waals surface area (Å²) in [5.74, 6) is 0. The number of para-hydroxylation sites is 1. The summed E-state index contributed by atoms with van der Waals surface area (Å²) in [5, 5.41) is 10.5. The van der Waals surface area contributed by atoms with Crippen LogP contribution in [-0.4, -0.2) is 41.6 Å². The number of fused-ring (bicyclic) bond motifs is 1. The second-order valence-corrected chi connectivity index (χ2v) is 7.10. The van der Waals surface area contributed by atoms with Crippen LogP contribution in [0.2, 0.25) is 0 Å². The minimum atomic E-state index is 0.513. The standard InChI is InChI=1S/C20H24N4/c1-15-5-4-10-24(15)17-8-11-23(12-9-17)20-13-16(14-21)22-19-7-3-2-6-18(19)20/h2-3,6-7,13,15,17H,4-5,8-12H2,1H3. The molecule has 1 atom stereocenters. The fraction of sp³-hybridized carbons (Fsp3) is 0.500. The van der Waals surface area contributed by atoms with Crippen LogP contribution in [-0.2, 0) is 0 Å². The van der Waals surface area contributed by atoms with Crippen molar-refractivity contribution in [2.45, 2.75) is 44.7 Å². The maximum Gasteiger partial charge on any atom is 0.143 e. The Bertz CT molecular complexity index is 771. The Kier molecular flexibility index (Phi) is 4.12. The van der Waals surface area contributed by atoms with Gasteiger partial charge in [0.05, 0.1) is 5.52 Å². The van der Waals surface area contributed by atoms with E-state index >= 15 is 0 Å². The molecule has 4 heteroatoms. The van der Waals surface area contributed by atoms with E-state index in [-0.39, 0.29) is 0 Å². The Labute approximate surface area is 143 Å². The van der Waals surface area contributed by atoms with Crippen LogP contribution in [0.4, 0.5) is 5.69 Å². The van der Waals surface area contributed by atoms with Gasteiger partial charge >= 0.3 is 0 Å². The number of rotatable bonds is 2. The lowest BCUT2D eigenvalue weighted by Gasteiger charge is -2.39. The zero-order chi connectivity index (χ0) is 16.5. The average molecular weight is 320 g/mol. The second kappa shape index (κ2) is 6.41. The lowest BCUT2D eigenvalue weighted by Crippen LogP contribution is -2.46. The van der Waals surface area contributed by atoms with Crippen molar-refractivity contribution in [1.82, 2.24) is 9.88 Å². The molecule has 1 aromatic heterocycles. The summed E-state index contributed by atoms with van der Waals surface area (Å²) in [6, 6.07) is 13.8. The van der Waals surface area contributed by atoms with Gasteiger partial charge in [0.25, 0.3) is 0 Å². The van der Waals surface area contributed by atoms with Gasteiger partial charge < -0.3 is 4.90 Å². The first kappa shape index (κ1) is 15.4. The minimum Gasteiger partial charge on any atom is -0.371 e. The van der Waals surface area contributed by atoms with Gasteiger partial charge in [-0.1, -0.05) is 18.2 Å². The molecule has 0 aliphatic carbocycles. The topological polar surface area (TPSA) is 43.2 Å². The van der Waals surface area contributed by atoms with Crippen molar-refractivity contribution in [3.63, 3.8) is 0 Å². The van der Waals surface area contributed by atoms with Gasteiger partial charge in [-0.05, 0) is 51.3 Å². The summed E-state index contributed by atoms with van der Waals surface area (Å²) in [4.78, 5) is 9.60. The maximum atomic E-state index is 9.30. The molecule has 2 aliphatic rings. The molecule has 0 spiro atoms. The molecule has 1 aromatic carbocycles. The van der Waals surface area contributed by atoms with Crippen molar-refractivity contribution in [2.75, 3.05) is 24.5 Å². The summed E-state index contributed by atoms with van der Waals surface area (Å²) >= 11 is 0. The molecule has 4 nitrogen and oxygen atoms in total. The monoisotopic (exact) mass is 320 g/mol. The Morgan fingerprint density at radius 2 is 1.92 bits per heavy atom.